The van der Waals surface area contributed by atoms with Gasteiger partial charge in [-0.15, -0.1) is 0 Å². The van der Waals surface area contributed by atoms with E-state index >= 15 is 0 Å². The van der Waals surface area contributed by atoms with Crippen LogP contribution in [0.1, 0.15) is 10.4 Å². The lowest BCUT2D eigenvalue weighted by molar-refractivity contribution is -0.119. The third-order valence-corrected chi connectivity index (χ3v) is 3.00. The first kappa shape index (κ1) is 18.2. The molecule has 0 spiro atoms. The zero-order valence-electron chi connectivity index (χ0n) is 13.2. The van der Waals surface area contributed by atoms with Gasteiger partial charge in [-0.3, -0.25) is 4.79 Å². The number of hydrogen-bond donors (Lipinski definition) is 1. The summed E-state index contributed by atoms with van der Waals surface area (Å²) < 4.78 is 38.4. The Morgan fingerprint density at radius 1 is 1.08 bits per heavy atom. The maximum atomic E-state index is 12.2. The largest absolute Gasteiger partial charge is 0.497 e. The first-order valence-electron chi connectivity index (χ1n) is 7.14. The van der Waals surface area contributed by atoms with E-state index in [0.29, 0.717) is 11.4 Å². The van der Waals surface area contributed by atoms with Gasteiger partial charge < -0.3 is 19.5 Å². The number of methoxy groups -OCH3 is 1. The number of nitrogens with one attached hydrogen (secondary N) is 1. The molecule has 132 valence electrons. The number of esters is 1. The Labute approximate surface area is 142 Å². The lowest BCUT2D eigenvalue weighted by atomic mass is 10.2. The van der Waals surface area contributed by atoms with Crippen LogP contribution in [0.3, 0.4) is 0 Å². The van der Waals surface area contributed by atoms with Crippen LogP contribution in [0.5, 0.6) is 11.5 Å². The van der Waals surface area contributed by atoms with Crippen LogP contribution in [0.15, 0.2) is 48.5 Å². The predicted molar refractivity (Wildman–Crippen MR) is 85.0 cm³/mol. The fraction of sp³-hybridized carbons (Fsp3) is 0.176. The van der Waals surface area contributed by atoms with Gasteiger partial charge in [0.2, 0.25) is 0 Å². The maximum Gasteiger partial charge on any atom is 0.387 e. The number of anilines is 1. The van der Waals surface area contributed by atoms with Crippen molar-refractivity contribution in [1.29, 1.82) is 0 Å². The molecule has 2 rings (SSSR count). The number of ether oxygens (including phenoxy) is 3. The van der Waals surface area contributed by atoms with Crippen LogP contribution in [-0.2, 0) is 9.53 Å². The zero-order chi connectivity index (χ0) is 18.2. The minimum atomic E-state index is -3.00. The molecule has 0 fully saturated rings. The maximum absolute atomic E-state index is 12.2. The second-order valence-corrected chi connectivity index (χ2v) is 4.76. The van der Waals surface area contributed by atoms with Gasteiger partial charge in [0.15, 0.2) is 6.61 Å². The molecule has 0 radical (unpaired) electrons. The van der Waals surface area contributed by atoms with Crippen molar-refractivity contribution in [2.75, 3.05) is 19.0 Å². The molecule has 0 saturated carbocycles. The third-order valence-electron chi connectivity index (χ3n) is 3.00. The Hall–Kier alpha value is -3.16. The Morgan fingerprint density at radius 3 is 2.44 bits per heavy atom. The van der Waals surface area contributed by atoms with Gasteiger partial charge in [0.05, 0.1) is 12.7 Å². The van der Waals surface area contributed by atoms with E-state index in [1.54, 1.807) is 24.3 Å². The normalized spacial score (nSPS) is 10.2. The van der Waals surface area contributed by atoms with Gasteiger partial charge in [0, 0.05) is 5.69 Å². The standard InChI is InChI=1S/C17H15F2NO5/c1-23-13-7-5-12(6-8-13)20-15(21)10-24-16(22)11-3-2-4-14(9-11)25-17(18)19/h2-9,17H,10H2,1H3,(H,20,21). The van der Waals surface area contributed by atoms with E-state index < -0.39 is 25.1 Å². The van der Waals surface area contributed by atoms with E-state index in [2.05, 4.69) is 10.1 Å². The van der Waals surface area contributed by atoms with Crippen LogP contribution in [0.2, 0.25) is 0 Å². The number of benzene rings is 2. The Bertz CT molecular complexity index is 734. The van der Waals surface area contributed by atoms with E-state index in [1.807, 2.05) is 0 Å². The molecule has 0 bridgehead atoms. The number of rotatable bonds is 7. The van der Waals surface area contributed by atoms with Crippen molar-refractivity contribution in [2.45, 2.75) is 6.61 Å². The van der Waals surface area contributed by atoms with Crippen molar-refractivity contribution in [2.24, 2.45) is 0 Å². The van der Waals surface area contributed by atoms with Gasteiger partial charge in [-0.25, -0.2) is 4.79 Å². The Kier molecular flexibility index (Phi) is 6.27. The van der Waals surface area contributed by atoms with E-state index in [0.717, 1.165) is 6.07 Å². The van der Waals surface area contributed by atoms with Crippen molar-refractivity contribution < 1.29 is 32.6 Å². The molecule has 8 heteroatoms. The summed E-state index contributed by atoms with van der Waals surface area (Å²) in [5.41, 5.74) is 0.504. The van der Waals surface area contributed by atoms with Crippen LogP contribution in [0, 0.1) is 0 Å². The number of carbonyl (C=O) groups is 2. The molecule has 0 saturated heterocycles. The van der Waals surface area contributed by atoms with Gasteiger partial charge in [0.1, 0.15) is 11.5 Å². The quantitative estimate of drug-likeness (QED) is 0.776. The molecule has 1 amide bonds. The van der Waals surface area contributed by atoms with Crippen LogP contribution in [-0.4, -0.2) is 32.2 Å². The van der Waals surface area contributed by atoms with Crippen LogP contribution >= 0.6 is 0 Å². The molecule has 0 aliphatic rings. The fourth-order valence-electron chi connectivity index (χ4n) is 1.89. The van der Waals surface area contributed by atoms with Gasteiger partial charge in [-0.1, -0.05) is 6.07 Å². The lowest BCUT2D eigenvalue weighted by Gasteiger charge is -2.08. The average molecular weight is 351 g/mol. The minimum absolute atomic E-state index is 0.00426. The molecule has 0 aromatic heterocycles. The van der Waals surface area contributed by atoms with Crippen molar-refractivity contribution in [3.63, 3.8) is 0 Å². The molecule has 0 unspecified atom stereocenters. The molecular formula is C17H15F2NO5. The summed E-state index contributed by atoms with van der Waals surface area (Å²) in [5.74, 6) is -0.912. The van der Waals surface area contributed by atoms with E-state index in [1.165, 1.54) is 25.3 Å². The highest BCUT2D eigenvalue weighted by Crippen LogP contribution is 2.17. The topological polar surface area (TPSA) is 73.9 Å². The highest BCUT2D eigenvalue weighted by molar-refractivity contribution is 5.95. The minimum Gasteiger partial charge on any atom is -0.497 e. The summed E-state index contributed by atoms with van der Waals surface area (Å²) in [4.78, 5) is 23.6. The summed E-state index contributed by atoms with van der Waals surface area (Å²) in [6, 6.07) is 11.7. The van der Waals surface area contributed by atoms with Crippen molar-refractivity contribution in [3.8, 4) is 11.5 Å². The molecular weight excluding hydrogens is 336 g/mol. The number of alkyl halides is 2. The molecule has 6 nitrogen and oxygen atoms in total. The average Bonchev–Trinajstić information content (AvgIpc) is 2.60. The number of carbonyl (C=O) groups excluding carboxylic acids is 2. The highest BCUT2D eigenvalue weighted by atomic mass is 19.3. The predicted octanol–water partition coefficient (Wildman–Crippen LogP) is 3.09. The van der Waals surface area contributed by atoms with Crippen molar-refractivity contribution in [1.82, 2.24) is 0 Å². The first-order valence-corrected chi connectivity index (χ1v) is 7.14. The Morgan fingerprint density at radius 2 is 1.80 bits per heavy atom. The molecule has 2 aromatic rings. The van der Waals surface area contributed by atoms with Gasteiger partial charge in [0.25, 0.3) is 5.91 Å². The van der Waals surface area contributed by atoms with Gasteiger partial charge in [-0.2, -0.15) is 8.78 Å². The first-order chi connectivity index (χ1) is 12.0. The zero-order valence-corrected chi connectivity index (χ0v) is 13.2. The van der Waals surface area contributed by atoms with E-state index in [4.69, 9.17) is 9.47 Å². The summed E-state index contributed by atoms with van der Waals surface area (Å²) in [5, 5.41) is 2.54. The molecule has 0 aliphatic carbocycles. The summed E-state index contributed by atoms with van der Waals surface area (Å²) in [6.45, 7) is -3.52. The second kappa shape index (κ2) is 8.62. The molecule has 0 aliphatic heterocycles. The molecule has 25 heavy (non-hydrogen) atoms. The van der Waals surface area contributed by atoms with E-state index in [-0.39, 0.29) is 11.3 Å². The third kappa shape index (κ3) is 5.76. The number of amides is 1. The number of hydrogen-bond acceptors (Lipinski definition) is 5. The monoisotopic (exact) mass is 351 g/mol. The second-order valence-electron chi connectivity index (χ2n) is 4.76. The summed E-state index contributed by atoms with van der Waals surface area (Å²) >= 11 is 0. The smallest absolute Gasteiger partial charge is 0.387 e. The van der Waals surface area contributed by atoms with E-state index in [9.17, 15) is 18.4 Å². The number of halogens is 2. The van der Waals surface area contributed by atoms with Crippen molar-refractivity contribution in [3.05, 3.63) is 54.1 Å². The summed E-state index contributed by atoms with van der Waals surface area (Å²) in [7, 11) is 1.52. The highest BCUT2D eigenvalue weighted by Gasteiger charge is 2.12. The molecule has 0 atom stereocenters. The summed E-state index contributed by atoms with van der Waals surface area (Å²) in [6.07, 6.45) is 0. The molecule has 1 N–H and O–H groups in total. The SMILES string of the molecule is COc1ccc(NC(=O)COC(=O)c2cccc(OC(F)F)c2)cc1. The van der Waals surface area contributed by atoms with Crippen LogP contribution in [0.4, 0.5) is 14.5 Å². The van der Waals surface area contributed by atoms with Crippen molar-refractivity contribution >= 4 is 17.6 Å². The van der Waals surface area contributed by atoms with Gasteiger partial charge >= 0.3 is 12.6 Å². The van der Waals surface area contributed by atoms with Crippen LogP contribution in [0.25, 0.3) is 0 Å². The van der Waals surface area contributed by atoms with Crippen LogP contribution < -0.4 is 14.8 Å². The fourth-order valence-corrected chi connectivity index (χ4v) is 1.89. The Balaban J connectivity index is 1.87. The lowest BCUT2D eigenvalue weighted by Crippen LogP contribution is -2.20. The molecule has 0 heterocycles. The molecule has 2 aromatic carbocycles. The van der Waals surface area contributed by atoms with Gasteiger partial charge in [-0.05, 0) is 42.5 Å².